The lowest BCUT2D eigenvalue weighted by atomic mass is 10.2. The van der Waals surface area contributed by atoms with Crippen LogP contribution in [0.4, 0.5) is 0 Å². The Morgan fingerprint density at radius 3 is 3.10 bits per heavy atom. The van der Waals surface area contributed by atoms with Gasteiger partial charge in [0.2, 0.25) is 10.0 Å². The van der Waals surface area contributed by atoms with Crippen molar-refractivity contribution in [3.63, 3.8) is 0 Å². The number of hydrogen-bond acceptors (Lipinski definition) is 5. The summed E-state index contributed by atoms with van der Waals surface area (Å²) in [5.41, 5.74) is 0. The molecule has 0 amide bonds. The number of ether oxygens (including phenoxy) is 1. The number of sulfonamides is 1. The summed E-state index contributed by atoms with van der Waals surface area (Å²) in [7, 11) is -3.53. The van der Waals surface area contributed by atoms with Crippen molar-refractivity contribution in [2.75, 3.05) is 19.8 Å². The van der Waals surface area contributed by atoms with Crippen LogP contribution >= 0.6 is 0 Å². The van der Waals surface area contributed by atoms with Gasteiger partial charge in [-0.2, -0.15) is 9.40 Å². The Bertz CT molecular complexity index is 571. The quantitative estimate of drug-likeness (QED) is 0.834. The molecule has 0 aromatic carbocycles. The Kier molecular flexibility index (Phi) is 3.80. The van der Waals surface area contributed by atoms with Crippen molar-refractivity contribution >= 4 is 10.0 Å². The monoisotopic (exact) mass is 301 g/mol. The number of hydrogen-bond donors (Lipinski definition) is 1. The van der Waals surface area contributed by atoms with Crippen LogP contribution in [0.5, 0.6) is 0 Å². The largest absolute Gasteiger partial charge is 0.394 e. The minimum absolute atomic E-state index is 0.0333. The smallest absolute Gasteiger partial charge is 0.246 e. The predicted octanol–water partition coefficient (Wildman–Crippen LogP) is -0.183. The van der Waals surface area contributed by atoms with E-state index in [2.05, 4.69) is 5.10 Å². The summed E-state index contributed by atoms with van der Waals surface area (Å²) in [6.07, 6.45) is 5.65. The van der Waals surface area contributed by atoms with Crippen LogP contribution in [0.3, 0.4) is 0 Å². The van der Waals surface area contributed by atoms with Gasteiger partial charge in [0, 0.05) is 12.7 Å². The number of fused-ring (bicyclic) bond motifs is 1. The first kappa shape index (κ1) is 14.0. The van der Waals surface area contributed by atoms with Crippen LogP contribution in [0, 0.1) is 0 Å². The third-order valence-electron chi connectivity index (χ3n) is 3.98. The molecule has 2 atom stereocenters. The molecule has 3 rings (SSSR count). The van der Waals surface area contributed by atoms with Crippen LogP contribution in [-0.4, -0.2) is 59.5 Å². The van der Waals surface area contributed by atoms with E-state index < -0.39 is 10.0 Å². The summed E-state index contributed by atoms with van der Waals surface area (Å²) in [6, 6.07) is -0.0464. The molecule has 2 aliphatic rings. The van der Waals surface area contributed by atoms with Gasteiger partial charge in [0.1, 0.15) is 4.90 Å². The number of aliphatic hydroxyl groups excluding tert-OH is 1. The molecule has 7 nitrogen and oxygen atoms in total. The molecule has 1 saturated carbocycles. The molecule has 0 bridgehead atoms. The minimum Gasteiger partial charge on any atom is -0.394 e. The fourth-order valence-corrected chi connectivity index (χ4v) is 4.65. The molecule has 1 saturated heterocycles. The second-order valence-corrected chi connectivity index (χ2v) is 7.08. The van der Waals surface area contributed by atoms with Crippen LogP contribution in [0.1, 0.15) is 19.3 Å². The maximum atomic E-state index is 12.7. The lowest BCUT2D eigenvalue weighted by molar-refractivity contribution is -0.0241. The summed E-state index contributed by atoms with van der Waals surface area (Å²) in [5, 5.41) is 12.8. The summed E-state index contributed by atoms with van der Waals surface area (Å²) in [6.45, 7) is 1.08. The zero-order valence-electron chi connectivity index (χ0n) is 11.2. The molecule has 1 aliphatic heterocycles. The molecule has 2 fully saturated rings. The highest BCUT2D eigenvalue weighted by Crippen LogP contribution is 2.33. The maximum absolute atomic E-state index is 12.7. The summed E-state index contributed by atoms with van der Waals surface area (Å²) in [4.78, 5) is 0.193. The molecule has 112 valence electrons. The fraction of sp³-hybridized carbons (Fsp3) is 0.750. The van der Waals surface area contributed by atoms with Gasteiger partial charge in [-0.15, -0.1) is 0 Å². The molecule has 2 heterocycles. The van der Waals surface area contributed by atoms with Crippen LogP contribution in [0.2, 0.25) is 0 Å². The van der Waals surface area contributed by atoms with E-state index in [0.717, 1.165) is 19.3 Å². The third-order valence-corrected chi connectivity index (χ3v) is 5.85. The van der Waals surface area contributed by atoms with Gasteiger partial charge in [-0.25, -0.2) is 8.42 Å². The Hall–Kier alpha value is -0.960. The van der Waals surface area contributed by atoms with Gasteiger partial charge in [-0.3, -0.25) is 4.68 Å². The van der Waals surface area contributed by atoms with Crippen LogP contribution < -0.4 is 0 Å². The second-order valence-electron chi connectivity index (χ2n) is 5.19. The van der Waals surface area contributed by atoms with Crippen molar-refractivity contribution < 1.29 is 18.3 Å². The van der Waals surface area contributed by atoms with E-state index in [0.29, 0.717) is 19.7 Å². The molecule has 1 aromatic heterocycles. The lowest BCUT2D eigenvalue weighted by Crippen LogP contribution is -2.51. The van der Waals surface area contributed by atoms with Crippen molar-refractivity contribution in [3.05, 3.63) is 12.4 Å². The standard InChI is InChI=1S/C12H19N3O4S/c16-6-4-14-9-10(8-13-14)20(17,18)15-5-7-19-12-3-1-2-11(12)15/h8-9,11-12,16H,1-7H2. The van der Waals surface area contributed by atoms with Gasteiger partial charge < -0.3 is 9.84 Å². The first-order valence-corrected chi connectivity index (χ1v) is 8.33. The van der Waals surface area contributed by atoms with E-state index >= 15 is 0 Å². The van der Waals surface area contributed by atoms with Crippen LogP contribution in [0.25, 0.3) is 0 Å². The van der Waals surface area contributed by atoms with Gasteiger partial charge in [-0.05, 0) is 19.3 Å². The highest BCUT2D eigenvalue weighted by Gasteiger charge is 2.42. The summed E-state index contributed by atoms with van der Waals surface area (Å²) >= 11 is 0. The average Bonchev–Trinajstić information content (AvgIpc) is 3.06. The number of aliphatic hydroxyl groups is 1. The van der Waals surface area contributed by atoms with Gasteiger partial charge in [0.15, 0.2) is 0 Å². The topological polar surface area (TPSA) is 84.7 Å². The third kappa shape index (κ3) is 2.37. The number of rotatable bonds is 4. The SMILES string of the molecule is O=S(=O)(c1cnn(CCO)c1)N1CCOC2CCCC21. The zero-order chi connectivity index (χ0) is 14.2. The number of aromatic nitrogens is 2. The molecular weight excluding hydrogens is 282 g/mol. The Morgan fingerprint density at radius 2 is 2.30 bits per heavy atom. The first-order valence-electron chi connectivity index (χ1n) is 6.89. The predicted molar refractivity (Wildman–Crippen MR) is 70.6 cm³/mol. The average molecular weight is 301 g/mol. The molecule has 1 aliphatic carbocycles. The fourth-order valence-electron chi connectivity index (χ4n) is 3.03. The van der Waals surface area contributed by atoms with E-state index in [-0.39, 0.29) is 23.6 Å². The first-order chi connectivity index (χ1) is 9.63. The highest BCUT2D eigenvalue weighted by molar-refractivity contribution is 7.89. The minimum atomic E-state index is -3.53. The van der Waals surface area contributed by atoms with Crippen molar-refractivity contribution in [1.82, 2.24) is 14.1 Å². The van der Waals surface area contributed by atoms with Crippen molar-refractivity contribution in [3.8, 4) is 0 Å². The van der Waals surface area contributed by atoms with E-state index in [4.69, 9.17) is 9.84 Å². The number of morpholine rings is 1. The molecular formula is C12H19N3O4S. The van der Waals surface area contributed by atoms with Gasteiger partial charge >= 0.3 is 0 Å². The van der Waals surface area contributed by atoms with Gasteiger partial charge in [0.05, 0.1) is 38.1 Å². The second kappa shape index (κ2) is 5.44. The van der Waals surface area contributed by atoms with Crippen molar-refractivity contribution in [1.29, 1.82) is 0 Å². The Balaban J connectivity index is 1.86. The number of nitrogens with zero attached hydrogens (tertiary/aromatic N) is 3. The zero-order valence-corrected chi connectivity index (χ0v) is 12.0. The summed E-state index contributed by atoms with van der Waals surface area (Å²) < 4.78 is 34.1. The van der Waals surface area contributed by atoms with Crippen LogP contribution in [-0.2, 0) is 21.3 Å². The lowest BCUT2D eigenvalue weighted by Gasteiger charge is -2.36. The van der Waals surface area contributed by atoms with E-state index in [1.165, 1.54) is 17.1 Å². The Morgan fingerprint density at radius 1 is 1.45 bits per heavy atom. The van der Waals surface area contributed by atoms with Crippen molar-refractivity contribution in [2.45, 2.75) is 42.8 Å². The van der Waals surface area contributed by atoms with E-state index in [9.17, 15) is 8.42 Å². The van der Waals surface area contributed by atoms with Crippen LogP contribution in [0.15, 0.2) is 17.3 Å². The van der Waals surface area contributed by atoms with E-state index in [1.807, 2.05) is 0 Å². The molecule has 1 N–H and O–H groups in total. The van der Waals surface area contributed by atoms with Gasteiger partial charge in [0.25, 0.3) is 0 Å². The molecule has 20 heavy (non-hydrogen) atoms. The molecule has 2 unspecified atom stereocenters. The van der Waals surface area contributed by atoms with Gasteiger partial charge in [-0.1, -0.05) is 0 Å². The molecule has 0 spiro atoms. The Labute approximate surface area is 118 Å². The normalized spacial score (nSPS) is 27.6. The van der Waals surface area contributed by atoms with Crippen molar-refractivity contribution in [2.24, 2.45) is 0 Å². The molecule has 0 radical (unpaired) electrons. The molecule has 8 heteroatoms. The molecule has 1 aromatic rings. The van der Waals surface area contributed by atoms with E-state index in [1.54, 1.807) is 4.31 Å². The maximum Gasteiger partial charge on any atom is 0.246 e. The summed E-state index contributed by atoms with van der Waals surface area (Å²) in [5.74, 6) is 0. The highest BCUT2D eigenvalue weighted by atomic mass is 32.2.